The Bertz CT molecular complexity index is 603. The molecule has 130 valence electrons. The molecule has 2 amide bonds. The van der Waals surface area contributed by atoms with Crippen molar-refractivity contribution in [2.24, 2.45) is 23.7 Å². The molecule has 1 aromatic carbocycles. The standard InChI is InChI=1S/C20H28N2O2/c1-24-19-8-3-2-5-13(19)9-10-21-20(23)22-18-12-14-11-17(18)16-7-4-6-15(14)16/h2-3,5,8,14-18H,4,6-7,9-12H2,1H3,(H2,21,22,23). The molecule has 1 aromatic rings. The van der Waals surface area contributed by atoms with Crippen LogP contribution in [0.15, 0.2) is 24.3 Å². The Kier molecular flexibility index (Phi) is 4.38. The molecule has 0 saturated heterocycles. The van der Waals surface area contributed by atoms with Gasteiger partial charge in [0.25, 0.3) is 0 Å². The number of methoxy groups -OCH3 is 1. The highest BCUT2D eigenvalue weighted by atomic mass is 16.5. The van der Waals surface area contributed by atoms with E-state index in [0.717, 1.165) is 41.4 Å². The van der Waals surface area contributed by atoms with E-state index in [1.54, 1.807) is 7.11 Å². The number of carbonyl (C=O) groups is 1. The van der Waals surface area contributed by atoms with Gasteiger partial charge in [-0.05, 0) is 67.4 Å². The Labute approximate surface area is 144 Å². The highest BCUT2D eigenvalue weighted by Crippen LogP contribution is 2.58. The molecule has 0 heterocycles. The third-order valence-electron chi connectivity index (χ3n) is 6.62. The van der Waals surface area contributed by atoms with Crippen LogP contribution in [0, 0.1) is 23.7 Å². The first-order chi connectivity index (χ1) is 11.8. The van der Waals surface area contributed by atoms with Crippen molar-refractivity contribution in [3.05, 3.63) is 29.8 Å². The van der Waals surface area contributed by atoms with Crippen LogP contribution < -0.4 is 15.4 Å². The van der Waals surface area contributed by atoms with Crippen LogP contribution in [-0.2, 0) is 6.42 Å². The number of urea groups is 1. The van der Waals surface area contributed by atoms with Crippen molar-refractivity contribution in [3.8, 4) is 5.75 Å². The average molecular weight is 328 g/mol. The number of benzene rings is 1. The molecule has 5 atom stereocenters. The first kappa shape index (κ1) is 15.8. The number of para-hydroxylation sites is 1. The van der Waals surface area contributed by atoms with Crippen LogP contribution in [-0.4, -0.2) is 25.7 Å². The van der Waals surface area contributed by atoms with Crippen LogP contribution in [0.25, 0.3) is 0 Å². The zero-order valence-electron chi connectivity index (χ0n) is 14.5. The lowest BCUT2D eigenvalue weighted by atomic mass is 9.79. The highest BCUT2D eigenvalue weighted by molar-refractivity contribution is 5.74. The number of carbonyl (C=O) groups excluding carboxylic acids is 1. The molecule has 2 N–H and O–H groups in total. The summed E-state index contributed by atoms with van der Waals surface area (Å²) in [6.45, 7) is 0.638. The molecule has 3 aliphatic carbocycles. The fraction of sp³-hybridized carbons (Fsp3) is 0.650. The van der Waals surface area contributed by atoms with Gasteiger partial charge in [-0.3, -0.25) is 0 Å². The summed E-state index contributed by atoms with van der Waals surface area (Å²) < 4.78 is 5.36. The van der Waals surface area contributed by atoms with Crippen molar-refractivity contribution in [2.45, 2.75) is 44.6 Å². The summed E-state index contributed by atoms with van der Waals surface area (Å²) in [7, 11) is 1.68. The van der Waals surface area contributed by atoms with Crippen LogP contribution in [0.3, 0.4) is 0 Å². The average Bonchev–Trinajstić information content (AvgIpc) is 3.28. The SMILES string of the molecule is COc1ccccc1CCNC(=O)NC1CC2CC1C1CCCC21. The molecule has 4 rings (SSSR count). The van der Waals surface area contributed by atoms with E-state index in [0.29, 0.717) is 12.6 Å². The van der Waals surface area contributed by atoms with Crippen LogP contribution in [0.5, 0.6) is 5.75 Å². The molecule has 3 saturated carbocycles. The number of rotatable bonds is 5. The van der Waals surface area contributed by atoms with Gasteiger partial charge in [0.1, 0.15) is 5.75 Å². The number of hydrogen-bond donors (Lipinski definition) is 2. The quantitative estimate of drug-likeness (QED) is 0.871. The molecule has 24 heavy (non-hydrogen) atoms. The third-order valence-corrected chi connectivity index (χ3v) is 6.62. The van der Waals surface area contributed by atoms with E-state index in [1.165, 1.54) is 32.1 Å². The maximum absolute atomic E-state index is 12.3. The van der Waals surface area contributed by atoms with Gasteiger partial charge in [-0.2, -0.15) is 0 Å². The second-order valence-electron chi connectivity index (χ2n) is 7.72. The third kappa shape index (κ3) is 2.87. The van der Waals surface area contributed by atoms with Crippen molar-refractivity contribution in [1.82, 2.24) is 10.6 Å². The zero-order chi connectivity index (χ0) is 16.5. The molecule has 0 spiro atoms. The second kappa shape index (κ2) is 6.66. The number of ether oxygens (including phenoxy) is 1. The number of amides is 2. The smallest absolute Gasteiger partial charge is 0.315 e. The van der Waals surface area contributed by atoms with Crippen LogP contribution in [0.1, 0.15) is 37.7 Å². The van der Waals surface area contributed by atoms with E-state index in [9.17, 15) is 4.79 Å². The Balaban J connectivity index is 1.25. The Morgan fingerprint density at radius 1 is 1.17 bits per heavy atom. The maximum Gasteiger partial charge on any atom is 0.315 e. The summed E-state index contributed by atoms with van der Waals surface area (Å²) in [6, 6.07) is 8.38. The summed E-state index contributed by atoms with van der Waals surface area (Å²) in [4.78, 5) is 12.3. The predicted molar refractivity (Wildman–Crippen MR) is 94.1 cm³/mol. The largest absolute Gasteiger partial charge is 0.496 e. The molecule has 4 nitrogen and oxygen atoms in total. The molecule has 4 heteroatoms. The van der Waals surface area contributed by atoms with Crippen LogP contribution in [0.2, 0.25) is 0 Å². The fourth-order valence-electron chi connectivity index (χ4n) is 5.67. The maximum atomic E-state index is 12.3. The molecule has 0 aromatic heterocycles. The first-order valence-corrected chi connectivity index (χ1v) is 9.42. The van der Waals surface area contributed by atoms with Gasteiger partial charge in [0.2, 0.25) is 0 Å². The van der Waals surface area contributed by atoms with Crippen LogP contribution >= 0.6 is 0 Å². The van der Waals surface area contributed by atoms with Gasteiger partial charge in [-0.15, -0.1) is 0 Å². The van der Waals surface area contributed by atoms with Crippen molar-refractivity contribution in [1.29, 1.82) is 0 Å². The lowest BCUT2D eigenvalue weighted by Crippen LogP contribution is -2.47. The lowest BCUT2D eigenvalue weighted by Gasteiger charge is -2.32. The van der Waals surface area contributed by atoms with Crippen LogP contribution in [0.4, 0.5) is 4.79 Å². The number of hydrogen-bond acceptors (Lipinski definition) is 2. The minimum absolute atomic E-state index is 0.00278. The summed E-state index contributed by atoms with van der Waals surface area (Å²) in [5, 5.41) is 6.28. The predicted octanol–water partition coefficient (Wildman–Crippen LogP) is 3.36. The molecule has 3 aliphatic rings. The molecule has 0 radical (unpaired) electrons. The zero-order valence-corrected chi connectivity index (χ0v) is 14.5. The number of fused-ring (bicyclic) bond motifs is 5. The van der Waals surface area contributed by atoms with Crippen molar-refractivity contribution in [3.63, 3.8) is 0 Å². The minimum atomic E-state index is -0.00278. The normalized spacial score (nSPS) is 33.3. The van der Waals surface area contributed by atoms with Gasteiger partial charge in [-0.1, -0.05) is 24.6 Å². The van der Waals surface area contributed by atoms with Gasteiger partial charge >= 0.3 is 6.03 Å². The molecular weight excluding hydrogens is 300 g/mol. The van der Waals surface area contributed by atoms with Crippen molar-refractivity contribution < 1.29 is 9.53 Å². The summed E-state index contributed by atoms with van der Waals surface area (Å²) in [5.74, 6) is 4.37. The van der Waals surface area contributed by atoms with Crippen molar-refractivity contribution in [2.75, 3.05) is 13.7 Å². The van der Waals surface area contributed by atoms with Gasteiger partial charge in [0.05, 0.1) is 7.11 Å². The summed E-state index contributed by atoms with van der Waals surface area (Å²) >= 11 is 0. The Morgan fingerprint density at radius 2 is 2.00 bits per heavy atom. The van der Waals surface area contributed by atoms with Gasteiger partial charge < -0.3 is 15.4 Å². The van der Waals surface area contributed by atoms with E-state index >= 15 is 0 Å². The summed E-state index contributed by atoms with van der Waals surface area (Å²) in [6.07, 6.45) is 7.56. The monoisotopic (exact) mass is 328 g/mol. The fourth-order valence-corrected chi connectivity index (χ4v) is 5.67. The first-order valence-electron chi connectivity index (χ1n) is 9.42. The van der Waals surface area contributed by atoms with Gasteiger partial charge in [0.15, 0.2) is 0 Å². The molecule has 2 bridgehead atoms. The molecular formula is C20H28N2O2. The van der Waals surface area contributed by atoms with E-state index in [2.05, 4.69) is 16.7 Å². The van der Waals surface area contributed by atoms with Crippen molar-refractivity contribution >= 4 is 6.03 Å². The minimum Gasteiger partial charge on any atom is -0.496 e. The molecule has 5 unspecified atom stereocenters. The number of nitrogens with one attached hydrogen (secondary N) is 2. The summed E-state index contributed by atoms with van der Waals surface area (Å²) in [5.41, 5.74) is 1.13. The topological polar surface area (TPSA) is 50.4 Å². The van der Waals surface area contributed by atoms with Gasteiger partial charge in [0, 0.05) is 12.6 Å². The molecule has 0 aliphatic heterocycles. The van der Waals surface area contributed by atoms with E-state index in [-0.39, 0.29) is 6.03 Å². The van der Waals surface area contributed by atoms with Gasteiger partial charge in [-0.25, -0.2) is 4.79 Å². The second-order valence-corrected chi connectivity index (χ2v) is 7.72. The lowest BCUT2D eigenvalue weighted by molar-refractivity contribution is 0.198. The van der Waals surface area contributed by atoms with E-state index < -0.39 is 0 Å². The van der Waals surface area contributed by atoms with E-state index in [4.69, 9.17) is 4.74 Å². The highest BCUT2D eigenvalue weighted by Gasteiger charge is 2.53. The van der Waals surface area contributed by atoms with E-state index in [1.807, 2.05) is 18.2 Å². The Morgan fingerprint density at radius 3 is 2.88 bits per heavy atom. The Hall–Kier alpha value is -1.71. The molecule has 3 fully saturated rings.